The lowest BCUT2D eigenvalue weighted by Gasteiger charge is -1.99. The first kappa shape index (κ1) is 10.1. The molecule has 0 aliphatic rings. The molecule has 1 heterocycles. The number of halogens is 4. The van der Waals surface area contributed by atoms with Gasteiger partial charge >= 0.3 is 12.1 Å². The van der Waals surface area contributed by atoms with Crippen molar-refractivity contribution in [3.05, 3.63) is 22.1 Å². The van der Waals surface area contributed by atoms with Crippen molar-refractivity contribution in [2.45, 2.75) is 6.18 Å². The molecule has 0 spiro atoms. The fraction of sp³-hybridized carbons (Fsp3) is 0.167. The van der Waals surface area contributed by atoms with E-state index in [4.69, 9.17) is 5.11 Å². The van der Waals surface area contributed by atoms with E-state index >= 15 is 0 Å². The lowest BCUT2D eigenvalue weighted by Crippen LogP contribution is -2.02. The van der Waals surface area contributed by atoms with Crippen LogP contribution in [0.3, 0.4) is 0 Å². The van der Waals surface area contributed by atoms with Crippen LogP contribution in [0, 0.1) is 0 Å². The van der Waals surface area contributed by atoms with Crippen LogP contribution >= 0.6 is 15.9 Å². The summed E-state index contributed by atoms with van der Waals surface area (Å²) in [5, 5.41) is 8.35. The number of carboxylic acids is 1. The van der Waals surface area contributed by atoms with Gasteiger partial charge in [0.25, 0.3) is 0 Å². The van der Waals surface area contributed by atoms with Crippen molar-refractivity contribution in [1.29, 1.82) is 0 Å². The highest BCUT2D eigenvalue weighted by molar-refractivity contribution is 9.10. The summed E-state index contributed by atoms with van der Waals surface area (Å²) < 4.78 is 39.7. The molecule has 0 fully saturated rings. The van der Waals surface area contributed by atoms with E-state index in [0.29, 0.717) is 6.07 Å². The van der Waals surface area contributed by atoms with Gasteiger partial charge in [0.2, 0.25) is 11.5 Å². The number of rotatable bonds is 1. The number of hydrogen-bond acceptors (Lipinski definition) is 2. The van der Waals surface area contributed by atoms with Gasteiger partial charge in [0.05, 0.1) is 4.47 Å². The largest absolute Gasteiger partial charge is 0.475 e. The molecule has 1 N–H and O–H groups in total. The van der Waals surface area contributed by atoms with Crippen LogP contribution in [0.2, 0.25) is 0 Å². The Kier molecular flexibility index (Phi) is 2.38. The maximum Gasteiger partial charge on any atom is 0.449 e. The Labute approximate surface area is 78.3 Å². The van der Waals surface area contributed by atoms with E-state index in [9.17, 15) is 18.0 Å². The van der Waals surface area contributed by atoms with E-state index in [-0.39, 0.29) is 4.47 Å². The minimum absolute atomic E-state index is 0.229. The molecule has 1 aromatic rings. The Morgan fingerprint density at radius 2 is 2.08 bits per heavy atom. The van der Waals surface area contributed by atoms with Crippen LogP contribution in [0.1, 0.15) is 16.3 Å². The Morgan fingerprint density at radius 1 is 1.54 bits per heavy atom. The average Bonchev–Trinajstić information content (AvgIpc) is 2.29. The highest BCUT2D eigenvalue weighted by Gasteiger charge is 2.36. The van der Waals surface area contributed by atoms with Crippen LogP contribution in [-0.4, -0.2) is 11.1 Å². The maximum absolute atomic E-state index is 11.9. The molecule has 1 rings (SSSR count). The predicted octanol–water partition coefficient (Wildman–Crippen LogP) is 2.76. The Bertz CT molecular complexity index is 341. The summed E-state index contributed by atoms with van der Waals surface area (Å²) in [6, 6.07) is 0.573. The first-order valence-electron chi connectivity index (χ1n) is 2.92. The molecule has 0 saturated heterocycles. The predicted molar refractivity (Wildman–Crippen MR) is 38.4 cm³/mol. The highest BCUT2D eigenvalue weighted by Crippen LogP contribution is 2.34. The van der Waals surface area contributed by atoms with Crippen molar-refractivity contribution < 1.29 is 27.5 Å². The van der Waals surface area contributed by atoms with E-state index in [0.717, 1.165) is 0 Å². The van der Waals surface area contributed by atoms with Gasteiger partial charge in [-0.2, -0.15) is 13.2 Å². The third-order valence-corrected chi connectivity index (χ3v) is 1.75. The Hall–Kier alpha value is -0.980. The number of aromatic carboxylic acids is 1. The molecule has 0 radical (unpaired) electrons. The Morgan fingerprint density at radius 3 is 2.31 bits per heavy atom. The van der Waals surface area contributed by atoms with E-state index in [1.807, 2.05) is 0 Å². The number of furan rings is 1. The topological polar surface area (TPSA) is 50.4 Å². The van der Waals surface area contributed by atoms with Crippen molar-refractivity contribution in [3.63, 3.8) is 0 Å². The van der Waals surface area contributed by atoms with Crippen molar-refractivity contribution in [3.8, 4) is 0 Å². The number of alkyl halides is 3. The first-order valence-corrected chi connectivity index (χ1v) is 3.71. The molecule has 0 aromatic carbocycles. The zero-order valence-corrected chi connectivity index (χ0v) is 7.44. The van der Waals surface area contributed by atoms with Gasteiger partial charge in [0.15, 0.2) is 0 Å². The van der Waals surface area contributed by atoms with Gasteiger partial charge in [0, 0.05) is 6.07 Å². The summed E-state index contributed by atoms with van der Waals surface area (Å²) in [6.45, 7) is 0. The molecule has 3 nitrogen and oxygen atoms in total. The van der Waals surface area contributed by atoms with Crippen molar-refractivity contribution in [2.75, 3.05) is 0 Å². The van der Waals surface area contributed by atoms with E-state index in [1.54, 1.807) is 0 Å². The summed E-state index contributed by atoms with van der Waals surface area (Å²) in [5.74, 6) is -3.65. The van der Waals surface area contributed by atoms with Gasteiger partial charge in [-0.15, -0.1) is 0 Å². The van der Waals surface area contributed by atoms with Gasteiger partial charge in [-0.05, 0) is 15.9 Å². The van der Waals surface area contributed by atoms with Crippen LogP contribution in [0.25, 0.3) is 0 Å². The molecule has 0 aliphatic carbocycles. The molecule has 0 amide bonds. The van der Waals surface area contributed by atoms with Gasteiger partial charge in [-0.1, -0.05) is 0 Å². The fourth-order valence-corrected chi connectivity index (χ4v) is 1.11. The normalized spacial score (nSPS) is 11.7. The third kappa shape index (κ3) is 2.03. The second kappa shape index (κ2) is 3.06. The van der Waals surface area contributed by atoms with Crippen molar-refractivity contribution >= 4 is 21.9 Å². The molecule has 0 atom stereocenters. The highest BCUT2D eigenvalue weighted by atomic mass is 79.9. The van der Waals surface area contributed by atoms with Crippen LogP contribution in [0.4, 0.5) is 13.2 Å². The summed E-state index contributed by atoms with van der Waals surface area (Å²) in [7, 11) is 0. The quantitative estimate of drug-likeness (QED) is 0.843. The third-order valence-electron chi connectivity index (χ3n) is 1.16. The fourth-order valence-electron chi connectivity index (χ4n) is 0.654. The molecular formula is C6H2BrF3O3. The van der Waals surface area contributed by atoms with Gasteiger partial charge in [0.1, 0.15) is 0 Å². The molecule has 7 heteroatoms. The minimum atomic E-state index is -4.67. The second-order valence-corrected chi connectivity index (χ2v) is 2.94. The van der Waals surface area contributed by atoms with Gasteiger partial charge in [-0.25, -0.2) is 4.79 Å². The number of carboxylic acid groups (broad SMARTS) is 1. The van der Waals surface area contributed by atoms with E-state index in [1.165, 1.54) is 0 Å². The molecule has 0 saturated carbocycles. The number of hydrogen-bond donors (Lipinski definition) is 1. The lowest BCUT2D eigenvalue weighted by atomic mass is 10.4. The van der Waals surface area contributed by atoms with Crippen LogP contribution in [-0.2, 0) is 6.18 Å². The van der Waals surface area contributed by atoms with Crippen molar-refractivity contribution in [2.24, 2.45) is 0 Å². The monoisotopic (exact) mass is 258 g/mol. The molecule has 72 valence electrons. The Balaban J connectivity index is 3.17. The molecule has 0 bridgehead atoms. The SMILES string of the molecule is O=C(O)c1oc(C(F)(F)F)cc1Br. The molecule has 13 heavy (non-hydrogen) atoms. The first-order chi connectivity index (χ1) is 5.82. The van der Waals surface area contributed by atoms with E-state index < -0.39 is 23.7 Å². The summed E-state index contributed by atoms with van der Waals surface area (Å²) >= 11 is 2.64. The van der Waals surface area contributed by atoms with Crippen molar-refractivity contribution in [1.82, 2.24) is 0 Å². The maximum atomic E-state index is 11.9. The summed E-state index contributed by atoms with van der Waals surface area (Å²) in [6.07, 6.45) is -4.67. The molecule has 1 aromatic heterocycles. The summed E-state index contributed by atoms with van der Waals surface area (Å²) in [5.41, 5.74) is 0. The minimum Gasteiger partial charge on any atom is -0.475 e. The standard InChI is InChI=1S/C6H2BrF3O3/c7-2-1-3(6(8,9)10)13-4(2)5(11)12/h1H,(H,11,12). The molecule has 0 aliphatic heterocycles. The zero-order valence-electron chi connectivity index (χ0n) is 5.85. The lowest BCUT2D eigenvalue weighted by molar-refractivity contribution is -0.153. The zero-order chi connectivity index (χ0) is 10.2. The van der Waals surface area contributed by atoms with E-state index in [2.05, 4.69) is 20.3 Å². The number of carbonyl (C=O) groups is 1. The summed E-state index contributed by atoms with van der Waals surface area (Å²) in [4.78, 5) is 10.3. The van der Waals surface area contributed by atoms with Crippen LogP contribution < -0.4 is 0 Å². The van der Waals surface area contributed by atoms with Gasteiger partial charge in [-0.3, -0.25) is 0 Å². The second-order valence-electron chi connectivity index (χ2n) is 2.09. The van der Waals surface area contributed by atoms with Gasteiger partial charge < -0.3 is 9.52 Å². The molecule has 0 unspecified atom stereocenters. The smallest absolute Gasteiger partial charge is 0.449 e. The molecular weight excluding hydrogens is 257 g/mol. The average molecular weight is 259 g/mol. The van der Waals surface area contributed by atoms with Crippen LogP contribution in [0.15, 0.2) is 15.0 Å². The van der Waals surface area contributed by atoms with Crippen LogP contribution in [0.5, 0.6) is 0 Å².